The number of benzene rings is 1. The number of anilines is 2. The van der Waals surface area contributed by atoms with Gasteiger partial charge in [0, 0.05) is 20.0 Å². The lowest BCUT2D eigenvalue weighted by atomic mass is 10.1. The number of carboxylic acid groups (broad SMARTS) is 1. The second-order valence-corrected chi connectivity index (χ2v) is 4.34. The standard InChI is InChI=1S/C13H13N3O3/c1-15-10-3-2-8(6-14)4-11(10)16-7-9(13(18)19)5-12(16)17/h2-4,9,15H,5,7H2,1H3,(H,18,19). The number of rotatable bonds is 3. The Balaban J connectivity index is 2.39. The van der Waals surface area contributed by atoms with E-state index in [0.717, 1.165) is 0 Å². The highest BCUT2D eigenvalue weighted by molar-refractivity contribution is 6.01. The van der Waals surface area contributed by atoms with Crippen molar-refractivity contribution in [1.29, 1.82) is 5.26 Å². The second kappa shape index (κ2) is 4.98. The first kappa shape index (κ1) is 12.9. The van der Waals surface area contributed by atoms with Gasteiger partial charge in [-0.1, -0.05) is 0 Å². The van der Waals surface area contributed by atoms with Crippen LogP contribution < -0.4 is 10.2 Å². The maximum absolute atomic E-state index is 11.9. The molecule has 1 heterocycles. The first-order chi connectivity index (χ1) is 9.06. The Labute approximate surface area is 110 Å². The van der Waals surface area contributed by atoms with Crippen LogP contribution in [0.4, 0.5) is 11.4 Å². The minimum atomic E-state index is -0.974. The Kier molecular flexibility index (Phi) is 3.38. The topological polar surface area (TPSA) is 93.4 Å². The summed E-state index contributed by atoms with van der Waals surface area (Å²) in [6.45, 7) is 0.137. The molecule has 0 saturated carbocycles. The third-order valence-corrected chi connectivity index (χ3v) is 3.16. The first-order valence-corrected chi connectivity index (χ1v) is 5.82. The van der Waals surface area contributed by atoms with E-state index in [1.807, 2.05) is 6.07 Å². The van der Waals surface area contributed by atoms with Crippen LogP contribution in [-0.4, -0.2) is 30.6 Å². The van der Waals surface area contributed by atoms with Gasteiger partial charge in [0.2, 0.25) is 5.91 Å². The minimum absolute atomic E-state index is 0.00469. The summed E-state index contributed by atoms with van der Waals surface area (Å²) in [6, 6.07) is 6.95. The third-order valence-electron chi connectivity index (χ3n) is 3.16. The van der Waals surface area contributed by atoms with E-state index in [9.17, 15) is 9.59 Å². The summed E-state index contributed by atoms with van der Waals surface area (Å²) in [7, 11) is 1.71. The fourth-order valence-corrected chi connectivity index (χ4v) is 2.14. The zero-order chi connectivity index (χ0) is 14.0. The van der Waals surface area contributed by atoms with Crippen molar-refractivity contribution in [1.82, 2.24) is 0 Å². The molecule has 1 unspecified atom stereocenters. The van der Waals surface area contributed by atoms with Gasteiger partial charge >= 0.3 is 5.97 Å². The van der Waals surface area contributed by atoms with Gasteiger partial charge in [0.15, 0.2) is 0 Å². The number of carbonyl (C=O) groups is 2. The number of carboxylic acids is 1. The highest BCUT2D eigenvalue weighted by Crippen LogP contribution is 2.32. The molecule has 0 spiro atoms. The van der Waals surface area contributed by atoms with Crippen LogP contribution in [0.25, 0.3) is 0 Å². The van der Waals surface area contributed by atoms with E-state index in [1.165, 1.54) is 4.90 Å². The maximum atomic E-state index is 11.9. The summed E-state index contributed by atoms with van der Waals surface area (Å²) < 4.78 is 0. The number of aliphatic carboxylic acids is 1. The van der Waals surface area contributed by atoms with Crippen LogP contribution >= 0.6 is 0 Å². The van der Waals surface area contributed by atoms with Crippen molar-refractivity contribution in [2.75, 3.05) is 23.8 Å². The van der Waals surface area contributed by atoms with E-state index in [1.54, 1.807) is 25.2 Å². The van der Waals surface area contributed by atoms with Gasteiger partial charge in [0.25, 0.3) is 0 Å². The minimum Gasteiger partial charge on any atom is -0.481 e. The molecule has 1 aliphatic heterocycles. The molecular weight excluding hydrogens is 246 g/mol. The average Bonchev–Trinajstić information content (AvgIpc) is 2.80. The summed E-state index contributed by atoms with van der Waals surface area (Å²) in [4.78, 5) is 24.3. The van der Waals surface area contributed by atoms with Crippen molar-refractivity contribution in [3.8, 4) is 6.07 Å². The number of hydrogen-bond donors (Lipinski definition) is 2. The lowest BCUT2D eigenvalue weighted by molar-refractivity contribution is -0.141. The fraction of sp³-hybridized carbons (Fsp3) is 0.308. The molecule has 0 aromatic heterocycles. The Hall–Kier alpha value is -2.55. The van der Waals surface area contributed by atoms with Gasteiger partial charge in [0.1, 0.15) is 0 Å². The fourth-order valence-electron chi connectivity index (χ4n) is 2.14. The molecule has 1 aliphatic rings. The SMILES string of the molecule is CNc1ccc(C#N)cc1N1CC(C(=O)O)CC1=O. The van der Waals surface area contributed by atoms with Crippen molar-refractivity contribution in [2.45, 2.75) is 6.42 Å². The summed E-state index contributed by atoms with van der Waals surface area (Å²) >= 11 is 0. The zero-order valence-electron chi connectivity index (χ0n) is 10.4. The largest absolute Gasteiger partial charge is 0.481 e. The Morgan fingerprint density at radius 3 is 2.84 bits per heavy atom. The molecule has 98 valence electrons. The molecule has 1 atom stereocenters. The van der Waals surface area contributed by atoms with E-state index < -0.39 is 11.9 Å². The molecule has 1 saturated heterocycles. The van der Waals surface area contributed by atoms with Crippen LogP contribution in [0.3, 0.4) is 0 Å². The summed E-state index contributed by atoms with van der Waals surface area (Å²) in [5, 5.41) is 20.8. The molecule has 19 heavy (non-hydrogen) atoms. The molecular formula is C13H13N3O3. The van der Waals surface area contributed by atoms with Crippen molar-refractivity contribution < 1.29 is 14.7 Å². The van der Waals surface area contributed by atoms with Crippen molar-refractivity contribution in [3.05, 3.63) is 23.8 Å². The van der Waals surface area contributed by atoms with Gasteiger partial charge in [-0.3, -0.25) is 9.59 Å². The van der Waals surface area contributed by atoms with Crippen LogP contribution in [0.15, 0.2) is 18.2 Å². The quantitative estimate of drug-likeness (QED) is 0.845. The normalized spacial score (nSPS) is 18.2. The molecule has 1 aromatic rings. The van der Waals surface area contributed by atoms with E-state index in [4.69, 9.17) is 10.4 Å². The Morgan fingerprint density at radius 1 is 1.58 bits per heavy atom. The molecule has 0 bridgehead atoms. The monoisotopic (exact) mass is 259 g/mol. The summed E-state index contributed by atoms with van der Waals surface area (Å²) in [5.41, 5.74) is 1.68. The predicted molar refractivity (Wildman–Crippen MR) is 68.8 cm³/mol. The molecule has 6 heteroatoms. The number of nitrogens with zero attached hydrogens (tertiary/aromatic N) is 2. The maximum Gasteiger partial charge on any atom is 0.308 e. The number of carbonyl (C=O) groups excluding carboxylic acids is 1. The van der Waals surface area contributed by atoms with Gasteiger partial charge in [-0.15, -0.1) is 0 Å². The zero-order valence-corrected chi connectivity index (χ0v) is 10.4. The third kappa shape index (κ3) is 2.36. The van der Waals surface area contributed by atoms with Crippen LogP contribution in [0, 0.1) is 17.2 Å². The summed E-state index contributed by atoms with van der Waals surface area (Å²) in [5.74, 6) is -1.90. The van der Waals surface area contributed by atoms with Crippen LogP contribution in [0.1, 0.15) is 12.0 Å². The lowest BCUT2D eigenvalue weighted by Crippen LogP contribution is -2.26. The molecule has 2 rings (SSSR count). The van der Waals surface area contributed by atoms with E-state index in [0.29, 0.717) is 16.9 Å². The van der Waals surface area contributed by atoms with Crippen LogP contribution in [-0.2, 0) is 9.59 Å². The molecule has 1 aromatic carbocycles. The Morgan fingerprint density at radius 2 is 2.32 bits per heavy atom. The molecule has 1 fully saturated rings. The van der Waals surface area contributed by atoms with Crippen molar-refractivity contribution in [2.24, 2.45) is 5.92 Å². The molecule has 2 N–H and O–H groups in total. The van der Waals surface area contributed by atoms with Crippen molar-refractivity contribution in [3.63, 3.8) is 0 Å². The Bertz CT molecular complexity index is 577. The van der Waals surface area contributed by atoms with Crippen molar-refractivity contribution >= 4 is 23.3 Å². The number of hydrogen-bond acceptors (Lipinski definition) is 4. The van der Waals surface area contributed by atoms with E-state index in [2.05, 4.69) is 5.32 Å². The number of amides is 1. The average molecular weight is 259 g/mol. The highest BCUT2D eigenvalue weighted by Gasteiger charge is 2.35. The highest BCUT2D eigenvalue weighted by atomic mass is 16.4. The summed E-state index contributed by atoms with van der Waals surface area (Å²) in [6.07, 6.45) is -0.00469. The first-order valence-electron chi connectivity index (χ1n) is 5.82. The molecule has 0 aliphatic carbocycles. The number of nitriles is 1. The smallest absolute Gasteiger partial charge is 0.308 e. The van der Waals surface area contributed by atoms with Gasteiger partial charge < -0.3 is 15.3 Å². The predicted octanol–water partition coefficient (Wildman–Crippen LogP) is 1.04. The molecule has 0 radical (unpaired) electrons. The van der Waals surface area contributed by atoms with E-state index in [-0.39, 0.29) is 18.9 Å². The lowest BCUT2D eigenvalue weighted by Gasteiger charge is -2.20. The van der Waals surface area contributed by atoms with Crippen LogP contribution in [0.5, 0.6) is 0 Å². The second-order valence-electron chi connectivity index (χ2n) is 4.34. The van der Waals surface area contributed by atoms with E-state index >= 15 is 0 Å². The van der Waals surface area contributed by atoms with Crippen LogP contribution in [0.2, 0.25) is 0 Å². The number of nitrogens with one attached hydrogen (secondary N) is 1. The molecule has 6 nitrogen and oxygen atoms in total. The molecule has 1 amide bonds. The van der Waals surface area contributed by atoms with Gasteiger partial charge in [-0.25, -0.2) is 0 Å². The van der Waals surface area contributed by atoms with Gasteiger partial charge in [0.05, 0.1) is 28.9 Å². The van der Waals surface area contributed by atoms with Gasteiger partial charge in [-0.05, 0) is 18.2 Å². The van der Waals surface area contributed by atoms with Gasteiger partial charge in [-0.2, -0.15) is 5.26 Å².